The second kappa shape index (κ2) is 5.27. The Morgan fingerprint density at radius 3 is 2.52 bits per heavy atom. The summed E-state index contributed by atoms with van der Waals surface area (Å²) >= 11 is 12.3. The highest BCUT2D eigenvalue weighted by molar-refractivity contribution is 6.38. The molecule has 6 nitrogen and oxygen atoms in total. The first kappa shape index (κ1) is 14.3. The molecule has 1 aromatic heterocycles. The number of aliphatic carboxylic acids is 1. The molecule has 0 spiro atoms. The minimum absolute atomic E-state index is 0.215. The molecule has 21 heavy (non-hydrogen) atoms. The zero-order valence-corrected chi connectivity index (χ0v) is 12.5. The topological polar surface area (TPSA) is 80.9 Å². The standard InChI is InChI=1S/C13H12Cl2N4O2/c14-8-3-1-4-9(15)10(8)11-16-17-18-19(11)7-13(12(20)21)5-2-6-13/h1,3-4H,2,5-7H2,(H,20,21). The first-order valence-electron chi connectivity index (χ1n) is 6.47. The van der Waals surface area contributed by atoms with E-state index in [1.165, 1.54) is 4.68 Å². The average molecular weight is 327 g/mol. The van der Waals surface area contributed by atoms with Crippen LogP contribution in [0.2, 0.25) is 10.0 Å². The van der Waals surface area contributed by atoms with E-state index < -0.39 is 11.4 Å². The van der Waals surface area contributed by atoms with E-state index in [1.807, 2.05) is 0 Å². The normalized spacial score (nSPS) is 16.5. The number of carbonyl (C=O) groups is 1. The molecular weight excluding hydrogens is 315 g/mol. The Bertz CT molecular complexity index is 677. The third kappa shape index (κ3) is 2.38. The highest BCUT2D eigenvalue weighted by Gasteiger charge is 2.45. The highest BCUT2D eigenvalue weighted by Crippen LogP contribution is 2.43. The molecule has 0 atom stereocenters. The van der Waals surface area contributed by atoms with Gasteiger partial charge in [-0.15, -0.1) is 5.10 Å². The van der Waals surface area contributed by atoms with Gasteiger partial charge in [-0.25, -0.2) is 4.68 Å². The summed E-state index contributed by atoms with van der Waals surface area (Å²) in [5.74, 6) is -0.432. The van der Waals surface area contributed by atoms with Crippen LogP contribution < -0.4 is 0 Å². The van der Waals surface area contributed by atoms with E-state index in [0.29, 0.717) is 34.3 Å². The van der Waals surface area contributed by atoms with Crippen molar-refractivity contribution < 1.29 is 9.90 Å². The first-order valence-corrected chi connectivity index (χ1v) is 7.23. The van der Waals surface area contributed by atoms with Gasteiger partial charge in [-0.05, 0) is 35.4 Å². The summed E-state index contributed by atoms with van der Waals surface area (Å²) in [7, 11) is 0. The number of benzene rings is 1. The summed E-state index contributed by atoms with van der Waals surface area (Å²) in [6.45, 7) is 0.215. The lowest BCUT2D eigenvalue weighted by Gasteiger charge is -2.37. The Hall–Kier alpha value is -1.66. The summed E-state index contributed by atoms with van der Waals surface area (Å²) in [5.41, 5.74) is -0.275. The Kier molecular flexibility index (Phi) is 3.59. The number of aromatic nitrogens is 4. The SMILES string of the molecule is O=C(O)C1(Cn2nnnc2-c2c(Cl)cccc2Cl)CCC1. The largest absolute Gasteiger partial charge is 0.481 e. The lowest BCUT2D eigenvalue weighted by atomic mass is 9.69. The second-order valence-corrected chi connectivity index (χ2v) is 6.01. The molecule has 1 aliphatic rings. The van der Waals surface area contributed by atoms with Gasteiger partial charge in [0, 0.05) is 0 Å². The van der Waals surface area contributed by atoms with Crippen LogP contribution in [0.5, 0.6) is 0 Å². The van der Waals surface area contributed by atoms with Crippen molar-refractivity contribution in [3.05, 3.63) is 28.2 Å². The van der Waals surface area contributed by atoms with E-state index in [4.69, 9.17) is 23.2 Å². The van der Waals surface area contributed by atoms with Crippen LogP contribution in [0.3, 0.4) is 0 Å². The molecule has 3 rings (SSSR count). The number of hydrogen-bond acceptors (Lipinski definition) is 4. The van der Waals surface area contributed by atoms with Gasteiger partial charge in [0.2, 0.25) is 0 Å². The van der Waals surface area contributed by atoms with Crippen LogP contribution in [-0.4, -0.2) is 31.3 Å². The minimum atomic E-state index is -0.819. The highest BCUT2D eigenvalue weighted by atomic mass is 35.5. The number of tetrazole rings is 1. The van der Waals surface area contributed by atoms with Crippen molar-refractivity contribution in [2.75, 3.05) is 0 Å². The number of rotatable bonds is 4. The Morgan fingerprint density at radius 2 is 2.00 bits per heavy atom. The lowest BCUT2D eigenvalue weighted by Crippen LogP contribution is -2.42. The molecule has 110 valence electrons. The summed E-state index contributed by atoms with van der Waals surface area (Å²) in [6.07, 6.45) is 2.15. The van der Waals surface area contributed by atoms with Crippen LogP contribution in [0.1, 0.15) is 19.3 Å². The molecule has 1 heterocycles. The lowest BCUT2D eigenvalue weighted by molar-refractivity contribution is -0.156. The van der Waals surface area contributed by atoms with Gasteiger partial charge in [0.05, 0.1) is 27.6 Å². The first-order chi connectivity index (χ1) is 10.0. The van der Waals surface area contributed by atoms with Crippen molar-refractivity contribution in [2.24, 2.45) is 5.41 Å². The molecular formula is C13H12Cl2N4O2. The van der Waals surface area contributed by atoms with E-state index >= 15 is 0 Å². The maximum absolute atomic E-state index is 11.5. The molecule has 0 bridgehead atoms. The van der Waals surface area contributed by atoms with Crippen LogP contribution in [0, 0.1) is 5.41 Å². The van der Waals surface area contributed by atoms with Gasteiger partial charge in [0.15, 0.2) is 5.82 Å². The van der Waals surface area contributed by atoms with Gasteiger partial charge in [-0.1, -0.05) is 35.7 Å². The number of halogens is 2. The quantitative estimate of drug-likeness (QED) is 0.934. The zero-order valence-electron chi connectivity index (χ0n) is 11.0. The van der Waals surface area contributed by atoms with Crippen molar-refractivity contribution >= 4 is 29.2 Å². The summed E-state index contributed by atoms with van der Waals surface area (Å²) in [6, 6.07) is 5.11. The number of carboxylic acid groups (broad SMARTS) is 1. The predicted molar refractivity (Wildman–Crippen MR) is 77.2 cm³/mol. The van der Waals surface area contributed by atoms with E-state index in [2.05, 4.69) is 15.5 Å². The van der Waals surface area contributed by atoms with E-state index in [-0.39, 0.29) is 6.54 Å². The molecule has 0 amide bonds. The van der Waals surface area contributed by atoms with Gasteiger partial charge < -0.3 is 5.11 Å². The zero-order chi connectivity index (χ0) is 15.0. The van der Waals surface area contributed by atoms with Crippen molar-refractivity contribution in [2.45, 2.75) is 25.8 Å². The van der Waals surface area contributed by atoms with E-state index in [1.54, 1.807) is 18.2 Å². The summed E-state index contributed by atoms with van der Waals surface area (Å²) in [5, 5.41) is 21.8. The van der Waals surface area contributed by atoms with Gasteiger partial charge in [-0.2, -0.15) is 0 Å². The van der Waals surface area contributed by atoms with Crippen molar-refractivity contribution in [3.63, 3.8) is 0 Å². The molecule has 1 N–H and O–H groups in total. The summed E-state index contributed by atoms with van der Waals surface area (Å²) < 4.78 is 1.47. The molecule has 8 heteroatoms. The summed E-state index contributed by atoms with van der Waals surface area (Å²) in [4.78, 5) is 11.5. The molecule has 1 fully saturated rings. The Balaban J connectivity index is 2.00. The predicted octanol–water partition coefficient (Wildman–Crippen LogP) is 2.90. The Labute approximate surface area is 130 Å². The molecule has 0 aliphatic heterocycles. The van der Waals surface area contributed by atoms with Crippen molar-refractivity contribution in [1.82, 2.24) is 20.2 Å². The molecule has 1 saturated carbocycles. The van der Waals surface area contributed by atoms with Gasteiger partial charge in [0.25, 0.3) is 0 Å². The smallest absolute Gasteiger partial charge is 0.311 e. The minimum Gasteiger partial charge on any atom is -0.481 e. The number of nitrogens with zero attached hydrogens (tertiary/aromatic N) is 4. The second-order valence-electron chi connectivity index (χ2n) is 5.20. The molecule has 0 radical (unpaired) electrons. The molecule has 1 aliphatic carbocycles. The fraction of sp³-hybridized carbons (Fsp3) is 0.385. The third-order valence-electron chi connectivity index (χ3n) is 3.94. The fourth-order valence-electron chi connectivity index (χ4n) is 2.53. The van der Waals surface area contributed by atoms with Crippen molar-refractivity contribution in [3.8, 4) is 11.4 Å². The molecule has 2 aromatic rings. The monoisotopic (exact) mass is 326 g/mol. The van der Waals surface area contributed by atoms with E-state index in [0.717, 1.165) is 6.42 Å². The Morgan fingerprint density at radius 1 is 1.33 bits per heavy atom. The number of hydrogen-bond donors (Lipinski definition) is 1. The van der Waals surface area contributed by atoms with Gasteiger partial charge in [-0.3, -0.25) is 4.79 Å². The van der Waals surface area contributed by atoms with Crippen LogP contribution in [0.4, 0.5) is 0 Å². The molecule has 1 aromatic carbocycles. The van der Waals surface area contributed by atoms with Gasteiger partial charge >= 0.3 is 5.97 Å². The average Bonchev–Trinajstić information content (AvgIpc) is 2.81. The fourth-order valence-corrected chi connectivity index (χ4v) is 3.10. The van der Waals surface area contributed by atoms with Gasteiger partial charge in [0.1, 0.15) is 0 Å². The van der Waals surface area contributed by atoms with Crippen LogP contribution >= 0.6 is 23.2 Å². The molecule has 0 saturated heterocycles. The van der Waals surface area contributed by atoms with Crippen LogP contribution in [-0.2, 0) is 11.3 Å². The number of carboxylic acids is 1. The molecule has 0 unspecified atom stereocenters. The maximum Gasteiger partial charge on any atom is 0.311 e. The van der Waals surface area contributed by atoms with Crippen LogP contribution in [0.15, 0.2) is 18.2 Å². The van der Waals surface area contributed by atoms with Crippen LogP contribution in [0.25, 0.3) is 11.4 Å². The maximum atomic E-state index is 11.5. The third-order valence-corrected chi connectivity index (χ3v) is 4.56. The van der Waals surface area contributed by atoms with E-state index in [9.17, 15) is 9.90 Å². The van der Waals surface area contributed by atoms with Crippen molar-refractivity contribution in [1.29, 1.82) is 0 Å².